The first-order valence-electron chi connectivity index (χ1n) is 12.8. The molecule has 1 atom stereocenters. The number of carboxylic acid groups (broad SMARTS) is 1. The lowest BCUT2D eigenvalue weighted by atomic mass is 10.0. The summed E-state index contributed by atoms with van der Waals surface area (Å²) in [7, 11) is -4.37. The van der Waals surface area contributed by atoms with Crippen molar-refractivity contribution in [1.82, 2.24) is 10.1 Å². The lowest BCUT2D eigenvalue weighted by Gasteiger charge is -2.30. The van der Waals surface area contributed by atoms with Crippen molar-refractivity contribution in [3.63, 3.8) is 0 Å². The lowest BCUT2D eigenvalue weighted by Crippen LogP contribution is -2.45. The number of carboxylic acids is 1. The minimum Gasteiger partial charge on any atom is -0.480 e. The number of unbranched alkanes of at least 4 members (excludes halogenated alkanes) is 1. The number of benzene rings is 4. The van der Waals surface area contributed by atoms with Gasteiger partial charge >= 0.3 is 5.97 Å². The number of nitrogens with zero attached hydrogens (tertiary/aromatic N) is 3. The van der Waals surface area contributed by atoms with Crippen molar-refractivity contribution in [1.29, 1.82) is 0 Å². The highest BCUT2D eigenvalue weighted by atomic mass is 35.5. The molecular weight excluding hydrogens is 585 g/mol. The van der Waals surface area contributed by atoms with E-state index in [0.717, 1.165) is 15.3 Å². The van der Waals surface area contributed by atoms with Crippen LogP contribution in [-0.4, -0.2) is 35.7 Å². The topological polar surface area (TPSA) is 114 Å². The van der Waals surface area contributed by atoms with Crippen LogP contribution in [0.1, 0.15) is 26.2 Å². The first-order chi connectivity index (χ1) is 19.7. The fourth-order valence-electron chi connectivity index (χ4n) is 4.56. The molecular formula is C30H25Cl2N3O5S. The Morgan fingerprint density at radius 2 is 1.61 bits per heavy atom. The Labute approximate surface area is 247 Å². The zero-order valence-electron chi connectivity index (χ0n) is 21.9. The van der Waals surface area contributed by atoms with Gasteiger partial charge in [0.25, 0.3) is 15.9 Å². The molecule has 0 aliphatic heterocycles. The number of aromatic nitrogens is 2. The van der Waals surface area contributed by atoms with Crippen LogP contribution in [-0.2, 0) is 14.8 Å². The summed E-state index contributed by atoms with van der Waals surface area (Å²) in [5.41, 5.74) is 1.71. The summed E-state index contributed by atoms with van der Waals surface area (Å²) in [6.07, 6.45) is 1.34. The van der Waals surface area contributed by atoms with Crippen LogP contribution in [0.5, 0.6) is 0 Å². The van der Waals surface area contributed by atoms with E-state index in [2.05, 4.69) is 10.1 Å². The summed E-state index contributed by atoms with van der Waals surface area (Å²) < 4.78 is 34.4. The summed E-state index contributed by atoms with van der Waals surface area (Å²) in [6, 6.07) is 22.4. The van der Waals surface area contributed by atoms with Crippen LogP contribution < -0.4 is 4.31 Å². The standard InChI is InChI=1S/C30H25Cl2N3O5S/c1-2-3-9-27(30(36)37)35(41(38,39)26-17-23(31)16-24(32)18-26)25-13-12-20-14-22(11-10-21(20)15-25)29-33-28(34-40-29)19-7-5-4-6-8-19/h4-8,10-18,27H,2-3,9H2,1H3,(H,36,37). The summed E-state index contributed by atoms with van der Waals surface area (Å²) in [5.74, 6) is -0.455. The second-order valence-corrected chi connectivity index (χ2v) is 12.1. The number of carbonyl (C=O) groups is 1. The molecule has 0 saturated heterocycles. The van der Waals surface area contributed by atoms with Crippen molar-refractivity contribution < 1.29 is 22.8 Å². The van der Waals surface area contributed by atoms with Gasteiger partial charge in [-0.25, -0.2) is 13.2 Å². The van der Waals surface area contributed by atoms with Gasteiger partial charge in [0.15, 0.2) is 0 Å². The smallest absolute Gasteiger partial charge is 0.327 e. The molecule has 0 radical (unpaired) electrons. The van der Waals surface area contributed by atoms with Gasteiger partial charge in [0.2, 0.25) is 5.82 Å². The van der Waals surface area contributed by atoms with Crippen LogP contribution in [0.15, 0.2) is 94.3 Å². The molecule has 210 valence electrons. The molecule has 1 aromatic heterocycles. The molecule has 5 aromatic rings. The van der Waals surface area contributed by atoms with Crippen molar-refractivity contribution in [2.24, 2.45) is 0 Å². The van der Waals surface area contributed by atoms with E-state index >= 15 is 0 Å². The van der Waals surface area contributed by atoms with E-state index in [1.807, 2.05) is 43.3 Å². The highest BCUT2D eigenvalue weighted by Gasteiger charge is 2.36. The molecule has 1 N–H and O–H groups in total. The molecule has 41 heavy (non-hydrogen) atoms. The zero-order valence-corrected chi connectivity index (χ0v) is 24.2. The number of anilines is 1. The van der Waals surface area contributed by atoms with Crippen molar-refractivity contribution in [3.8, 4) is 22.8 Å². The predicted molar refractivity (Wildman–Crippen MR) is 160 cm³/mol. The molecule has 11 heteroatoms. The molecule has 5 rings (SSSR count). The lowest BCUT2D eigenvalue weighted by molar-refractivity contribution is -0.138. The van der Waals surface area contributed by atoms with Crippen LogP contribution in [0.2, 0.25) is 10.0 Å². The highest BCUT2D eigenvalue weighted by molar-refractivity contribution is 7.93. The van der Waals surface area contributed by atoms with Gasteiger partial charge in [-0.05, 0) is 59.7 Å². The van der Waals surface area contributed by atoms with Gasteiger partial charge in [0, 0.05) is 21.2 Å². The summed E-state index contributed by atoms with van der Waals surface area (Å²) in [4.78, 5) is 16.7. The minimum absolute atomic E-state index is 0.122. The van der Waals surface area contributed by atoms with Crippen LogP contribution in [0.25, 0.3) is 33.6 Å². The Balaban J connectivity index is 1.57. The van der Waals surface area contributed by atoms with E-state index in [-0.39, 0.29) is 27.0 Å². The first kappa shape index (κ1) is 28.6. The number of hydrogen-bond donors (Lipinski definition) is 1. The zero-order chi connectivity index (χ0) is 29.1. The molecule has 0 bridgehead atoms. The maximum atomic E-state index is 14.0. The average molecular weight is 611 g/mol. The summed E-state index contributed by atoms with van der Waals surface area (Å²) >= 11 is 12.2. The number of sulfonamides is 1. The maximum absolute atomic E-state index is 14.0. The SMILES string of the molecule is CCCCC(C(=O)O)N(c1ccc2cc(-c3nc(-c4ccccc4)no3)ccc2c1)S(=O)(=O)c1cc(Cl)cc(Cl)c1. The van der Waals surface area contributed by atoms with E-state index in [1.54, 1.807) is 30.3 Å². The fraction of sp³-hybridized carbons (Fsp3) is 0.167. The van der Waals surface area contributed by atoms with Crippen LogP contribution >= 0.6 is 23.2 Å². The highest BCUT2D eigenvalue weighted by Crippen LogP contribution is 2.34. The Morgan fingerprint density at radius 3 is 2.29 bits per heavy atom. The second-order valence-electron chi connectivity index (χ2n) is 9.44. The van der Waals surface area contributed by atoms with Crippen LogP contribution in [0.3, 0.4) is 0 Å². The minimum atomic E-state index is -4.37. The first-order valence-corrected chi connectivity index (χ1v) is 15.0. The Morgan fingerprint density at radius 1 is 0.927 bits per heavy atom. The van der Waals surface area contributed by atoms with E-state index in [9.17, 15) is 18.3 Å². The monoisotopic (exact) mass is 609 g/mol. The number of rotatable bonds is 10. The van der Waals surface area contributed by atoms with E-state index < -0.39 is 22.0 Å². The quantitative estimate of drug-likeness (QED) is 0.172. The molecule has 8 nitrogen and oxygen atoms in total. The van der Waals surface area contributed by atoms with E-state index in [0.29, 0.717) is 35.5 Å². The largest absolute Gasteiger partial charge is 0.480 e. The van der Waals surface area contributed by atoms with Gasteiger partial charge in [-0.3, -0.25) is 4.31 Å². The maximum Gasteiger partial charge on any atom is 0.327 e. The third kappa shape index (κ3) is 6.07. The number of aliphatic carboxylic acids is 1. The van der Waals surface area contributed by atoms with Crippen molar-refractivity contribution in [2.75, 3.05) is 4.31 Å². The number of halogens is 2. The third-order valence-electron chi connectivity index (χ3n) is 6.58. The molecule has 4 aromatic carbocycles. The predicted octanol–water partition coefficient (Wildman–Crippen LogP) is 7.70. The molecule has 0 saturated carbocycles. The van der Waals surface area contributed by atoms with E-state index in [1.165, 1.54) is 18.2 Å². The molecule has 0 fully saturated rings. The second kappa shape index (κ2) is 11.9. The Bertz CT molecular complexity index is 1810. The summed E-state index contributed by atoms with van der Waals surface area (Å²) in [6.45, 7) is 1.91. The molecule has 1 unspecified atom stereocenters. The fourth-order valence-corrected chi connectivity index (χ4v) is 6.92. The number of hydrogen-bond acceptors (Lipinski definition) is 6. The normalized spacial score (nSPS) is 12.4. The van der Waals surface area contributed by atoms with Gasteiger partial charge in [-0.2, -0.15) is 4.98 Å². The third-order valence-corrected chi connectivity index (χ3v) is 8.83. The van der Waals surface area contributed by atoms with Gasteiger partial charge in [-0.15, -0.1) is 0 Å². The molecule has 0 spiro atoms. The summed E-state index contributed by atoms with van der Waals surface area (Å²) in [5, 5.41) is 15.9. The van der Waals surface area contributed by atoms with Crippen molar-refractivity contribution in [2.45, 2.75) is 37.1 Å². The molecule has 1 heterocycles. The van der Waals surface area contributed by atoms with Crippen molar-refractivity contribution in [3.05, 3.63) is 95.0 Å². The Kier molecular flexibility index (Phi) is 8.30. The number of fused-ring (bicyclic) bond motifs is 1. The molecule has 0 aliphatic carbocycles. The van der Waals surface area contributed by atoms with Gasteiger partial charge in [-0.1, -0.05) is 90.6 Å². The van der Waals surface area contributed by atoms with E-state index in [4.69, 9.17) is 27.7 Å². The Hall–Kier alpha value is -3.92. The van der Waals surface area contributed by atoms with Gasteiger partial charge in [0.1, 0.15) is 6.04 Å². The van der Waals surface area contributed by atoms with Crippen LogP contribution in [0, 0.1) is 0 Å². The van der Waals surface area contributed by atoms with Gasteiger partial charge in [0.05, 0.1) is 10.6 Å². The van der Waals surface area contributed by atoms with Crippen molar-refractivity contribution >= 4 is 55.7 Å². The average Bonchev–Trinajstić information content (AvgIpc) is 3.45. The molecule has 0 aliphatic rings. The van der Waals surface area contributed by atoms with Crippen LogP contribution in [0.4, 0.5) is 5.69 Å². The molecule has 0 amide bonds. The van der Waals surface area contributed by atoms with Gasteiger partial charge < -0.3 is 9.63 Å².